The van der Waals surface area contributed by atoms with Crippen molar-refractivity contribution in [1.82, 2.24) is 9.97 Å². The lowest BCUT2D eigenvalue weighted by atomic mass is 10.2. The Balaban J connectivity index is 2.61. The van der Waals surface area contributed by atoms with Gasteiger partial charge in [0.1, 0.15) is 11.6 Å². The SMILES string of the molecule is CCC(CSC)Nc1cncc(NC)n1. The van der Waals surface area contributed by atoms with Gasteiger partial charge in [0.25, 0.3) is 0 Å². The van der Waals surface area contributed by atoms with Gasteiger partial charge in [-0.25, -0.2) is 4.98 Å². The van der Waals surface area contributed by atoms with Crippen LogP contribution in [-0.4, -0.2) is 35.1 Å². The zero-order valence-corrected chi connectivity index (χ0v) is 10.3. The molecule has 0 aliphatic carbocycles. The molecule has 0 bridgehead atoms. The van der Waals surface area contributed by atoms with Crippen molar-refractivity contribution in [3.8, 4) is 0 Å². The van der Waals surface area contributed by atoms with Crippen LogP contribution in [0.25, 0.3) is 0 Å². The second-order valence-electron chi connectivity index (χ2n) is 3.24. The first-order valence-corrected chi connectivity index (χ1v) is 6.44. The third-order valence-corrected chi connectivity index (χ3v) is 2.84. The van der Waals surface area contributed by atoms with Gasteiger partial charge in [0.15, 0.2) is 0 Å². The lowest BCUT2D eigenvalue weighted by Gasteiger charge is -2.16. The number of nitrogens with one attached hydrogen (secondary N) is 2. The second kappa shape index (κ2) is 6.50. The van der Waals surface area contributed by atoms with Crippen LogP contribution in [-0.2, 0) is 0 Å². The van der Waals surface area contributed by atoms with Gasteiger partial charge in [0, 0.05) is 18.8 Å². The van der Waals surface area contributed by atoms with Crippen LogP contribution in [0.1, 0.15) is 13.3 Å². The maximum absolute atomic E-state index is 4.37. The fourth-order valence-corrected chi connectivity index (χ4v) is 1.95. The molecule has 0 aliphatic heterocycles. The van der Waals surface area contributed by atoms with E-state index >= 15 is 0 Å². The van der Waals surface area contributed by atoms with E-state index in [0.717, 1.165) is 23.8 Å². The molecule has 0 radical (unpaired) electrons. The minimum Gasteiger partial charge on any atom is -0.372 e. The summed E-state index contributed by atoms with van der Waals surface area (Å²) in [6.07, 6.45) is 6.66. The Hall–Kier alpha value is -0.970. The highest BCUT2D eigenvalue weighted by Gasteiger charge is 2.06. The predicted molar refractivity (Wildman–Crippen MR) is 67.7 cm³/mol. The monoisotopic (exact) mass is 226 g/mol. The minimum atomic E-state index is 0.460. The molecule has 4 nitrogen and oxygen atoms in total. The Morgan fingerprint density at radius 1 is 1.40 bits per heavy atom. The van der Waals surface area contributed by atoms with E-state index in [9.17, 15) is 0 Å². The Morgan fingerprint density at radius 2 is 2.13 bits per heavy atom. The first-order chi connectivity index (χ1) is 7.30. The van der Waals surface area contributed by atoms with E-state index in [1.165, 1.54) is 0 Å². The van der Waals surface area contributed by atoms with Gasteiger partial charge in [-0.05, 0) is 12.7 Å². The molecule has 1 unspecified atom stereocenters. The summed E-state index contributed by atoms with van der Waals surface area (Å²) in [6, 6.07) is 0.460. The number of hydrogen-bond donors (Lipinski definition) is 2. The summed E-state index contributed by atoms with van der Waals surface area (Å²) >= 11 is 1.84. The highest BCUT2D eigenvalue weighted by molar-refractivity contribution is 7.98. The lowest BCUT2D eigenvalue weighted by molar-refractivity contribution is 0.769. The van der Waals surface area contributed by atoms with Crippen molar-refractivity contribution in [3.05, 3.63) is 12.4 Å². The van der Waals surface area contributed by atoms with Crippen molar-refractivity contribution in [2.24, 2.45) is 0 Å². The first kappa shape index (κ1) is 12.1. The van der Waals surface area contributed by atoms with Crippen LogP contribution in [0.15, 0.2) is 12.4 Å². The molecular weight excluding hydrogens is 208 g/mol. The Kier molecular flexibility index (Phi) is 5.25. The molecule has 1 atom stereocenters. The maximum atomic E-state index is 4.37. The summed E-state index contributed by atoms with van der Waals surface area (Å²) in [5.41, 5.74) is 0. The zero-order valence-electron chi connectivity index (χ0n) is 9.45. The third-order valence-electron chi connectivity index (χ3n) is 2.10. The van der Waals surface area contributed by atoms with Crippen LogP contribution in [0.4, 0.5) is 11.6 Å². The molecule has 0 saturated heterocycles. The number of anilines is 2. The number of aromatic nitrogens is 2. The van der Waals surface area contributed by atoms with Gasteiger partial charge in [-0.3, -0.25) is 4.98 Å². The minimum absolute atomic E-state index is 0.460. The van der Waals surface area contributed by atoms with Crippen LogP contribution >= 0.6 is 11.8 Å². The van der Waals surface area contributed by atoms with Crippen LogP contribution in [0.2, 0.25) is 0 Å². The van der Waals surface area contributed by atoms with E-state index in [0.29, 0.717) is 6.04 Å². The van der Waals surface area contributed by atoms with Gasteiger partial charge in [0.2, 0.25) is 0 Å². The van der Waals surface area contributed by atoms with Gasteiger partial charge in [-0.1, -0.05) is 6.92 Å². The van der Waals surface area contributed by atoms with Crippen LogP contribution in [0.3, 0.4) is 0 Å². The average molecular weight is 226 g/mol. The molecule has 0 saturated carbocycles. The van der Waals surface area contributed by atoms with Crippen LogP contribution in [0, 0.1) is 0 Å². The quantitative estimate of drug-likeness (QED) is 0.777. The van der Waals surface area contributed by atoms with E-state index < -0.39 is 0 Å². The van der Waals surface area contributed by atoms with Crippen molar-refractivity contribution < 1.29 is 0 Å². The maximum Gasteiger partial charge on any atom is 0.147 e. The molecule has 2 N–H and O–H groups in total. The van der Waals surface area contributed by atoms with Crippen LogP contribution < -0.4 is 10.6 Å². The van der Waals surface area contributed by atoms with E-state index in [1.807, 2.05) is 18.8 Å². The van der Waals surface area contributed by atoms with Gasteiger partial charge in [-0.2, -0.15) is 11.8 Å². The highest BCUT2D eigenvalue weighted by Crippen LogP contribution is 2.10. The van der Waals surface area contributed by atoms with Crippen molar-refractivity contribution in [3.63, 3.8) is 0 Å². The molecule has 0 amide bonds. The molecule has 1 aromatic rings. The summed E-state index contributed by atoms with van der Waals surface area (Å²) in [5.74, 6) is 2.71. The van der Waals surface area contributed by atoms with Crippen LogP contribution in [0.5, 0.6) is 0 Å². The summed E-state index contributed by atoms with van der Waals surface area (Å²) in [5, 5.41) is 6.34. The highest BCUT2D eigenvalue weighted by atomic mass is 32.2. The molecule has 0 spiro atoms. The van der Waals surface area contributed by atoms with Crippen molar-refractivity contribution in [2.45, 2.75) is 19.4 Å². The number of hydrogen-bond acceptors (Lipinski definition) is 5. The lowest BCUT2D eigenvalue weighted by Crippen LogP contribution is -2.22. The smallest absolute Gasteiger partial charge is 0.147 e. The van der Waals surface area contributed by atoms with Gasteiger partial charge in [-0.15, -0.1) is 0 Å². The van der Waals surface area contributed by atoms with E-state index in [4.69, 9.17) is 0 Å². The summed E-state index contributed by atoms with van der Waals surface area (Å²) in [6.45, 7) is 2.17. The van der Waals surface area contributed by atoms with Crippen molar-refractivity contribution in [2.75, 3.05) is 29.7 Å². The third kappa shape index (κ3) is 3.95. The van der Waals surface area contributed by atoms with Gasteiger partial charge < -0.3 is 10.6 Å². The fourth-order valence-electron chi connectivity index (χ4n) is 1.23. The number of thioether (sulfide) groups is 1. The Bertz CT molecular complexity index is 293. The second-order valence-corrected chi connectivity index (χ2v) is 4.16. The van der Waals surface area contributed by atoms with Crippen molar-refractivity contribution >= 4 is 23.4 Å². The predicted octanol–water partition coefficient (Wildman–Crippen LogP) is 2.07. The Labute approximate surface area is 95.3 Å². The molecule has 1 aromatic heterocycles. The molecule has 0 aromatic carbocycles. The molecule has 15 heavy (non-hydrogen) atoms. The Morgan fingerprint density at radius 3 is 2.73 bits per heavy atom. The van der Waals surface area contributed by atoms with E-state index in [2.05, 4.69) is 33.8 Å². The number of nitrogens with zero attached hydrogens (tertiary/aromatic N) is 2. The molecule has 1 rings (SSSR count). The molecule has 0 aliphatic rings. The topological polar surface area (TPSA) is 49.8 Å². The molecular formula is C10H18N4S. The molecule has 0 fully saturated rings. The summed E-state index contributed by atoms with van der Waals surface area (Å²) < 4.78 is 0. The largest absolute Gasteiger partial charge is 0.372 e. The molecule has 84 valence electrons. The first-order valence-electron chi connectivity index (χ1n) is 5.05. The summed E-state index contributed by atoms with van der Waals surface area (Å²) in [4.78, 5) is 8.48. The van der Waals surface area contributed by atoms with Crippen molar-refractivity contribution in [1.29, 1.82) is 0 Å². The molecule has 1 heterocycles. The van der Waals surface area contributed by atoms with Gasteiger partial charge in [0.05, 0.1) is 12.4 Å². The number of rotatable bonds is 6. The van der Waals surface area contributed by atoms with E-state index in [-0.39, 0.29) is 0 Å². The summed E-state index contributed by atoms with van der Waals surface area (Å²) in [7, 11) is 1.84. The fraction of sp³-hybridized carbons (Fsp3) is 0.600. The average Bonchev–Trinajstić information content (AvgIpc) is 2.29. The normalized spacial score (nSPS) is 12.2. The molecule has 5 heteroatoms. The zero-order chi connectivity index (χ0) is 11.1. The van der Waals surface area contributed by atoms with E-state index in [1.54, 1.807) is 12.4 Å². The standard InChI is InChI=1S/C10H18N4S/c1-4-8(7-15-3)13-10-6-12-5-9(11-2)14-10/h5-6,8H,4,7H2,1-3H3,(H2,11,13,14). The van der Waals surface area contributed by atoms with Gasteiger partial charge >= 0.3 is 0 Å².